The number of Topliss-reactive ketones (excluding diaryl/α,β-unsaturated/α-hetero) is 1. The number of amides is 2. The number of carbonyl (C=O) groups is 4. The molecule has 4 atom stereocenters. The number of hydrogen-bond donors (Lipinski definition) is 2. The van der Waals surface area contributed by atoms with Crippen LogP contribution in [0.1, 0.15) is 55.7 Å². The van der Waals surface area contributed by atoms with E-state index < -0.39 is 23.8 Å². The predicted octanol–water partition coefficient (Wildman–Crippen LogP) is 3.61. The van der Waals surface area contributed by atoms with Gasteiger partial charge in [0.2, 0.25) is 17.6 Å². The molecule has 57 heavy (non-hydrogen) atoms. The molecular weight excluding hydrogens is 727 g/mol. The number of ketones is 1. The number of piperidine rings is 2. The van der Waals surface area contributed by atoms with E-state index in [-0.39, 0.29) is 17.9 Å². The van der Waals surface area contributed by atoms with Crippen LogP contribution in [-0.4, -0.2) is 109 Å². The maximum Gasteiger partial charge on any atom is 0.262 e. The van der Waals surface area contributed by atoms with Crippen molar-refractivity contribution in [2.45, 2.75) is 69.2 Å². The summed E-state index contributed by atoms with van der Waals surface area (Å²) in [6.45, 7) is 5.39. The third kappa shape index (κ3) is 6.84. The number of fused-ring (bicyclic) bond motifs is 4. The molecule has 4 saturated heterocycles. The summed E-state index contributed by atoms with van der Waals surface area (Å²) in [5.41, 5.74) is 5.03. The minimum Gasteiger partial charge on any atom is -0.497 e. The number of rotatable bonds is 10. The van der Waals surface area contributed by atoms with Crippen molar-refractivity contribution < 1.29 is 28.7 Å². The molecule has 1 aromatic heterocycles. The van der Waals surface area contributed by atoms with Crippen LogP contribution in [0.25, 0.3) is 22.3 Å². The molecule has 5 aliphatic heterocycles. The van der Waals surface area contributed by atoms with Crippen molar-refractivity contribution in [1.29, 1.82) is 0 Å². The fraction of sp³-hybridized carbons (Fsp3) is 0.442. The van der Waals surface area contributed by atoms with E-state index in [1.54, 1.807) is 24.1 Å². The number of likely N-dealkylation sites (tertiary alicyclic amines) is 1. The number of aromatic nitrogens is 2. The van der Waals surface area contributed by atoms with Crippen molar-refractivity contribution in [1.82, 2.24) is 25.1 Å². The standard InChI is InChI=1S/C43H47N7O7/c1-56-32-18-34-39(37(19-32)57-2)43(55)46-41(44-34)26-3-6-28(7-4-26)48-15-13-25(14-16-48)20-47-22-30-9-10-31(23-47)50(30)29-8-5-27-21-49(35-11-12-38(53)45-42(35)54)40(33(27)17-29)36(52)24-51/h3-8,17-19,24-25,30-31,35,40H,9-16,20-23H2,1-2H3,(H,44,46,55)(H,45,53,54). The van der Waals surface area contributed by atoms with Crippen LogP contribution >= 0.6 is 0 Å². The van der Waals surface area contributed by atoms with Gasteiger partial charge >= 0.3 is 0 Å². The van der Waals surface area contributed by atoms with Gasteiger partial charge in [0.1, 0.15) is 28.8 Å². The second kappa shape index (κ2) is 15.1. The smallest absolute Gasteiger partial charge is 0.262 e. The van der Waals surface area contributed by atoms with Gasteiger partial charge in [0, 0.05) is 86.8 Å². The molecule has 5 aliphatic rings. The lowest BCUT2D eigenvalue weighted by atomic mass is 9.94. The Hall–Kier alpha value is -5.60. The number of benzene rings is 3. The molecule has 2 amide bonds. The zero-order valence-corrected chi connectivity index (χ0v) is 32.2. The molecule has 4 aromatic rings. The first-order chi connectivity index (χ1) is 27.7. The van der Waals surface area contributed by atoms with Crippen LogP contribution in [0.3, 0.4) is 0 Å². The molecule has 6 heterocycles. The van der Waals surface area contributed by atoms with Gasteiger partial charge in [-0.05, 0) is 85.5 Å². The summed E-state index contributed by atoms with van der Waals surface area (Å²) in [6, 6.07) is 17.2. The lowest BCUT2D eigenvalue weighted by Gasteiger charge is -2.44. The quantitative estimate of drug-likeness (QED) is 0.137. The summed E-state index contributed by atoms with van der Waals surface area (Å²) in [6.07, 6.45) is 5.34. The van der Waals surface area contributed by atoms with Crippen LogP contribution in [0.4, 0.5) is 11.4 Å². The number of aldehydes is 1. The molecule has 14 heteroatoms. The van der Waals surface area contributed by atoms with Crippen molar-refractivity contribution in [3.05, 3.63) is 76.1 Å². The number of piperazine rings is 1. The molecule has 3 aromatic carbocycles. The molecule has 0 radical (unpaired) electrons. The van der Waals surface area contributed by atoms with Crippen molar-refractivity contribution in [3.8, 4) is 22.9 Å². The number of carbonyl (C=O) groups excluding carboxylic acids is 4. The maximum atomic E-state index is 13.1. The Bertz CT molecular complexity index is 2290. The van der Waals surface area contributed by atoms with Gasteiger partial charge in [0.15, 0.2) is 6.29 Å². The number of nitrogens with zero attached hydrogens (tertiary/aromatic N) is 5. The molecule has 4 unspecified atom stereocenters. The summed E-state index contributed by atoms with van der Waals surface area (Å²) >= 11 is 0. The lowest BCUT2D eigenvalue weighted by Crippen LogP contribution is -2.55. The van der Waals surface area contributed by atoms with E-state index in [0.717, 1.165) is 86.5 Å². The topological polar surface area (TPSA) is 157 Å². The SMILES string of the molecule is COc1cc(OC)c2c(=O)[nH]c(-c3ccc(N4CCC(CN5CC6CCC(C5)N6c5ccc6c(c5)C(C(=O)C=O)N(C5CCC(=O)NC5=O)C6)CC4)cc3)nc2c1. The Kier molecular flexibility index (Phi) is 9.77. The second-order valence-electron chi connectivity index (χ2n) is 16.1. The van der Waals surface area contributed by atoms with Gasteiger partial charge < -0.3 is 24.3 Å². The molecule has 2 N–H and O–H groups in total. The van der Waals surface area contributed by atoms with Gasteiger partial charge in [-0.15, -0.1) is 0 Å². The highest BCUT2D eigenvalue weighted by Gasteiger charge is 2.45. The number of anilines is 2. The van der Waals surface area contributed by atoms with Crippen molar-refractivity contribution in [2.75, 3.05) is 56.7 Å². The van der Waals surface area contributed by atoms with E-state index in [9.17, 15) is 24.0 Å². The fourth-order valence-electron chi connectivity index (χ4n) is 10.0. The van der Waals surface area contributed by atoms with Crippen molar-refractivity contribution in [3.63, 3.8) is 0 Å². The molecule has 0 aliphatic carbocycles. The largest absolute Gasteiger partial charge is 0.497 e. The monoisotopic (exact) mass is 773 g/mol. The zero-order chi connectivity index (χ0) is 39.4. The van der Waals surface area contributed by atoms with Crippen LogP contribution in [0, 0.1) is 5.92 Å². The Morgan fingerprint density at radius 1 is 0.895 bits per heavy atom. The Labute approximate surface area is 330 Å². The number of H-pyrrole nitrogens is 1. The van der Waals surface area contributed by atoms with Gasteiger partial charge in [-0.3, -0.25) is 39.1 Å². The van der Waals surface area contributed by atoms with Crippen LogP contribution in [0.2, 0.25) is 0 Å². The third-order valence-electron chi connectivity index (χ3n) is 12.8. The van der Waals surface area contributed by atoms with Gasteiger partial charge in [-0.2, -0.15) is 0 Å². The van der Waals surface area contributed by atoms with Crippen LogP contribution in [0.5, 0.6) is 11.5 Å². The molecule has 296 valence electrons. The van der Waals surface area contributed by atoms with E-state index in [4.69, 9.17) is 14.5 Å². The summed E-state index contributed by atoms with van der Waals surface area (Å²) in [7, 11) is 3.09. The summed E-state index contributed by atoms with van der Waals surface area (Å²) in [5, 5.41) is 2.79. The molecule has 0 saturated carbocycles. The molecular formula is C43H47N7O7. The van der Waals surface area contributed by atoms with Gasteiger partial charge in [-0.1, -0.05) is 6.07 Å². The minimum atomic E-state index is -0.827. The first-order valence-electron chi connectivity index (χ1n) is 19.9. The fourth-order valence-corrected chi connectivity index (χ4v) is 10.0. The van der Waals surface area contributed by atoms with Crippen LogP contribution in [0.15, 0.2) is 59.4 Å². The lowest BCUT2D eigenvalue weighted by molar-refractivity contribution is -0.141. The zero-order valence-electron chi connectivity index (χ0n) is 32.2. The number of aromatic amines is 1. The van der Waals surface area contributed by atoms with Gasteiger partial charge in [0.05, 0.1) is 25.8 Å². The van der Waals surface area contributed by atoms with Crippen molar-refractivity contribution in [2.24, 2.45) is 5.92 Å². The molecule has 4 fully saturated rings. The van der Waals surface area contributed by atoms with E-state index in [2.05, 4.69) is 49.3 Å². The highest BCUT2D eigenvalue weighted by molar-refractivity contribution is 6.27. The average molecular weight is 774 g/mol. The van der Waals surface area contributed by atoms with Gasteiger partial charge in [0.25, 0.3) is 5.56 Å². The Balaban J connectivity index is 0.820. The minimum absolute atomic E-state index is 0.210. The maximum absolute atomic E-state index is 13.1. The van der Waals surface area contributed by atoms with Crippen LogP contribution in [-0.2, 0) is 25.7 Å². The average Bonchev–Trinajstić information content (AvgIpc) is 3.73. The molecule has 0 spiro atoms. The van der Waals surface area contributed by atoms with Crippen LogP contribution < -0.4 is 30.1 Å². The highest BCUT2D eigenvalue weighted by atomic mass is 16.5. The van der Waals surface area contributed by atoms with Crippen molar-refractivity contribution >= 4 is 46.2 Å². The first-order valence-corrected chi connectivity index (χ1v) is 19.9. The van der Waals surface area contributed by atoms with Gasteiger partial charge in [-0.25, -0.2) is 4.98 Å². The number of ether oxygens (including phenoxy) is 2. The Morgan fingerprint density at radius 3 is 2.32 bits per heavy atom. The number of methoxy groups -OCH3 is 2. The first kappa shape index (κ1) is 37.0. The normalized spacial score (nSPS) is 24.1. The number of imide groups is 1. The molecule has 2 bridgehead atoms. The predicted molar refractivity (Wildman–Crippen MR) is 214 cm³/mol. The summed E-state index contributed by atoms with van der Waals surface area (Å²) in [4.78, 5) is 79.6. The number of hydrogen-bond acceptors (Lipinski definition) is 12. The summed E-state index contributed by atoms with van der Waals surface area (Å²) in [5.74, 6) is 0.813. The Morgan fingerprint density at radius 2 is 1.63 bits per heavy atom. The van der Waals surface area contributed by atoms with E-state index >= 15 is 0 Å². The molecule has 14 nitrogen and oxygen atoms in total. The van der Waals surface area contributed by atoms with E-state index in [1.165, 1.54) is 7.11 Å². The van der Waals surface area contributed by atoms with E-state index in [0.29, 0.717) is 65.5 Å². The third-order valence-corrected chi connectivity index (χ3v) is 12.8. The number of nitrogens with one attached hydrogen (secondary N) is 2. The second-order valence-corrected chi connectivity index (χ2v) is 16.1. The van der Waals surface area contributed by atoms with E-state index in [1.807, 2.05) is 18.2 Å². The molecule has 9 rings (SSSR count). The summed E-state index contributed by atoms with van der Waals surface area (Å²) < 4.78 is 10.8. The highest BCUT2D eigenvalue weighted by Crippen LogP contribution is 2.42.